The maximum Gasteiger partial charge on any atom is 0.224 e. The molecule has 0 unspecified atom stereocenters. The van der Waals surface area contributed by atoms with E-state index in [9.17, 15) is 4.79 Å². The minimum absolute atomic E-state index is 0.0227. The van der Waals surface area contributed by atoms with Crippen molar-refractivity contribution in [3.8, 4) is 0 Å². The Balaban J connectivity index is 2.32. The van der Waals surface area contributed by atoms with Gasteiger partial charge >= 0.3 is 0 Å². The molecule has 3 nitrogen and oxygen atoms in total. The van der Waals surface area contributed by atoms with E-state index in [-0.39, 0.29) is 5.91 Å². The lowest BCUT2D eigenvalue weighted by Gasteiger charge is -1.98. The average molecular weight is 164 g/mol. The number of H-pyrrole nitrogens is 1. The highest BCUT2D eigenvalue weighted by molar-refractivity contribution is 5.78. The van der Waals surface area contributed by atoms with Gasteiger partial charge in [-0.25, -0.2) is 0 Å². The molecule has 1 aromatic rings. The minimum Gasteiger partial charge on any atom is -0.367 e. The van der Waals surface area contributed by atoms with Crippen molar-refractivity contribution in [3.63, 3.8) is 0 Å². The van der Waals surface area contributed by atoms with Crippen molar-refractivity contribution in [2.45, 2.75) is 6.42 Å². The molecule has 3 heteroatoms. The number of aromatic nitrogens is 1. The second kappa shape index (κ2) is 4.38. The highest BCUT2D eigenvalue weighted by Gasteiger charge is 2.00. The molecule has 0 saturated carbocycles. The first kappa shape index (κ1) is 8.59. The van der Waals surface area contributed by atoms with Crippen molar-refractivity contribution in [2.24, 2.45) is 0 Å². The van der Waals surface area contributed by atoms with Gasteiger partial charge in [0.1, 0.15) is 0 Å². The molecule has 0 aliphatic heterocycles. The Kier molecular flexibility index (Phi) is 3.14. The lowest BCUT2D eigenvalue weighted by atomic mass is 10.2. The summed E-state index contributed by atoms with van der Waals surface area (Å²) in [5, 5.41) is 2.70. The molecule has 64 valence electrons. The van der Waals surface area contributed by atoms with Gasteiger partial charge in [0.15, 0.2) is 0 Å². The summed E-state index contributed by atoms with van der Waals surface area (Å²) >= 11 is 0. The van der Waals surface area contributed by atoms with E-state index in [0.29, 0.717) is 13.0 Å². The van der Waals surface area contributed by atoms with Crippen molar-refractivity contribution in [1.82, 2.24) is 10.3 Å². The van der Waals surface area contributed by atoms with Crippen LogP contribution in [0.2, 0.25) is 0 Å². The molecule has 12 heavy (non-hydrogen) atoms. The van der Waals surface area contributed by atoms with Crippen molar-refractivity contribution in [2.75, 3.05) is 6.54 Å². The molecule has 0 atom stereocenters. The number of rotatable bonds is 4. The van der Waals surface area contributed by atoms with Crippen LogP contribution in [0.4, 0.5) is 0 Å². The summed E-state index contributed by atoms with van der Waals surface area (Å²) in [5.41, 5.74) is 0.997. The van der Waals surface area contributed by atoms with Gasteiger partial charge in [-0.1, -0.05) is 6.08 Å². The van der Waals surface area contributed by atoms with Gasteiger partial charge in [-0.15, -0.1) is 6.58 Å². The van der Waals surface area contributed by atoms with Gasteiger partial charge in [0.05, 0.1) is 6.42 Å². The van der Waals surface area contributed by atoms with Gasteiger partial charge in [0, 0.05) is 18.9 Å². The lowest BCUT2D eigenvalue weighted by Crippen LogP contribution is -2.24. The zero-order chi connectivity index (χ0) is 8.81. The zero-order valence-electron chi connectivity index (χ0n) is 6.84. The molecule has 2 N–H and O–H groups in total. The zero-order valence-corrected chi connectivity index (χ0v) is 6.84. The van der Waals surface area contributed by atoms with E-state index >= 15 is 0 Å². The normalized spacial score (nSPS) is 9.33. The van der Waals surface area contributed by atoms with Crippen LogP contribution in [0.25, 0.3) is 0 Å². The van der Waals surface area contributed by atoms with Crippen molar-refractivity contribution in [1.29, 1.82) is 0 Å². The Morgan fingerprint density at radius 1 is 1.75 bits per heavy atom. The summed E-state index contributed by atoms with van der Waals surface area (Å²) in [6, 6.07) is 1.88. The molecule has 1 heterocycles. The van der Waals surface area contributed by atoms with Crippen LogP contribution in [0.3, 0.4) is 0 Å². The van der Waals surface area contributed by atoms with Gasteiger partial charge < -0.3 is 10.3 Å². The fourth-order valence-corrected chi connectivity index (χ4v) is 0.902. The summed E-state index contributed by atoms with van der Waals surface area (Å²) in [4.78, 5) is 14.0. The molecule has 0 bridgehead atoms. The smallest absolute Gasteiger partial charge is 0.224 e. The van der Waals surface area contributed by atoms with Crippen LogP contribution in [0, 0.1) is 0 Å². The monoisotopic (exact) mass is 164 g/mol. The Morgan fingerprint density at radius 2 is 2.58 bits per heavy atom. The molecule has 0 saturated heterocycles. The highest BCUT2D eigenvalue weighted by Crippen LogP contribution is 1.96. The van der Waals surface area contributed by atoms with E-state index in [4.69, 9.17) is 0 Å². The van der Waals surface area contributed by atoms with Gasteiger partial charge in [-0.2, -0.15) is 0 Å². The summed E-state index contributed by atoms with van der Waals surface area (Å²) in [6.45, 7) is 4.04. The minimum atomic E-state index is 0.0227. The van der Waals surface area contributed by atoms with Gasteiger partial charge in [-0.3, -0.25) is 4.79 Å². The third-order valence-electron chi connectivity index (χ3n) is 1.47. The number of carbonyl (C=O) groups is 1. The first-order valence-corrected chi connectivity index (χ1v) is 3.82. The van der Waals surface area contributed by atoms with Crippen LogP contribution in [0.1, 0.15) is 5.56 Å². The van der Waals surface area contributed by atoms with Crippen molar-refractivity contribution >= 4 is 5.91 Å². The molecule has 1 amide bonds. The molecule has 1 rings (SSSR count). The summed E-state index contributed by atoms with van der Waals surface area (Å²) in [6.07, 6.45) is 5.70. The van der Waals surface area contributed by atoms with E-state index < -0.39 is 0 Å². The lowest BCUT2D eigenvalue weighted by molar-refractivity contribution is -0.120. The van der Waals surface area contributed by atoms with Crippen molar-refractivity contribution < 1.29 is 4.79 Å². The molecule has 0 aromatic carbocycles. The van der Waals surface area contributed by atoms with Crippen LogP contribution in [-0.2, 0) is 11.2 Å². The van der Waals surface area contributed by atoms with Gasteiger partial charge in [0.25, 0.3) is 0 Å². The van der Waals surface area contributed by atoms with Crippen LogP contribution < -0.4 is 5.32 Å². The van der Waals surface area contributed by atoms with Crippen LogP contribution in [0.5, 0.6) is 0 Å². The van der Waals surface area contributed by atoms with Crippen LogP contribution in [-0.4, -0.2) is 17.4 Å². The maximum absolute atomic E-state index is 11.1. The first-order valence-electron chi connectivity index (χ1n) is 3.82. The second-order valence-corrected chi connectivity index (χ2v) is 2.49. The van der Waals surface area contributed by atoms with E-state index in [0.717, 1.165) is 5.56 Å². The number of hydrogen-bond acceptors (Lipinski definition) is 1. The summed E-state index contributed by atoms with van der Waals surface area (Å²) in [5.74, 6) is 0.0227. The summed E-state index contributed by atoms with van der Waals surface area (Å²) < 4.78 is 0. The van der Waals surface area contributed by atoms with E-state index in [1.165, 1.54) is 0 Å². The Labute approximate surface area is 71.5 Å². The largest absolute Gasteiger partial charge is 0.367 e. The topological polar surface area (TPSA) is 44.9 Å². The average Bonchev–Trinajstić information content (AvgIpc) is 2.53. The molecular weight excluding hydrogens is 152 g/mol. The Morgan fingerprint density at radius 3 is 3.17 bits per heavy atom. The van der Waals surface area contributed by atoms with Crippen LogP contribution >= 0.6 is 0 Å². The standard InChI is InChI=1S/C9H12N2O/c1-2-4-11-9(12)6-8-3-5-10-7-8/h2-3,5,7,10H,1,4,6H2,(H,11,12). The third-order valence-corrected chi connectivity index (χ3v) is 1.47. The van der Waals surface area contributed by atoms with Gasteiger partial charge in [0.2, 0.25) is 5.91 Å². The second-order valence-electron chi connectivity index (χ2n) is 2.49. The molecule has 1 aromatic heterocycles. The summed E-state index contributed by atoms with van der Waals surface area (Å²) in [7, 11) is 0. The van der Waals surface area contributed by atoms with Crippen molar-refractivity contribution in [3.05, 3.63) is 36.7 Å². The third kappa shape index (κ3) is 2.62. The number of nitrogens with one attached hydrogen (secondary N) is 2. The first-order chi connectivity index (χ1) is 5.83. The highest BCUT2D eigenvalue weighted by atomic mass is 16.1. The predicted octanol–water partition coefficient (Wildman–Crippen LogP) is 0.859. The molecule has 0 spiro atoms. The van der Waals surface area contributed by atoms with E-state index in [2.05, 4.69) is 16.9 Å². The fraction of sp³-hybridized carbons (Fsp3) is 0.222. The quantitative estimate of drug-likeness (QED) is 0.637. The van der Waals surface area contributed by atoms with Crippen LogP contribution in [0.15, 0.2) is 31.1 Å². The molecule has 0 aliphatic carbocycles. The van der Waals surface area contributed by atoms with Gasteiger partial charge in [-0.05, 0) is 11.6 Å². The molecule has 0 aliphatic rings. The Hall–Kier alpha value is -1.51. The number of hydrogen-bond donors (Lipinski definition) is 2. The Bertz CT molecular complexity index is 252. The molecule has 0 fully saturated rings. The van der Waals surface area contributed by atoms with E-state index in [1.54, 1.807) is 12.3 Å². The number of carbonyl (C=O) groups excluding carboxylic acids is 1. The predicted molar refractivity (Wildman–Crippen MR) is 47.7 cm³/mol. The molecule has 0 radical (unpaired) electrons. The SMILES string of the molecule is C=CCNC(=O)Cc1cc[nH]c1. The molecular formula is C9H12N2O. The number of amides is 1. The fourth-order valence-electron chi connectivity index (χ4n) is 0.902. The number of aromatic amines is 1. The maximum atomic E-state index is 11.1. The van der Waals surface area contributed by atoms with E-state index in [1.807, 2.05) is 12.3 Å².